The van der Waals surface area contributed by atoms with Crippen LogP contribution in [-0.4, -0.2) is 42.2 Å². The molecule has 1 aromatic rings. The highest BCUT2D eigenvalue weighted by molar-refractivity contribution is 5.94. The van der Waals surface area contributed by atoms with Gasteiger partial charge < -0.3 is 15.0 Å². The van der Waals surface area contributed by atoms with Gasteiger partial charge in [-0.2, -0.15) is 0 Å². The van der Waals surface area contributed by atoms with Crippen LogP contribution in [0.3, 0.4) is 0 Å². The molecule has 0 unspecified atom stereocenters. The van der Waals surface area contributed by atoms with Crippen LogP contribution in [0.15, 0.2) is 24.3 Å². The number of carbonyl (C=O) groups is 2. The number of rotatable bonds is 4. The maximum atomic E-state index is 12.4. The minimum atomic E-state index is -4.75. The number of hydrogen-bond donors (Lipinski definition) is 1. The molecule has 1 aliphatic heterocycles. The average Bonchev–Trinajstić information content (AvgIpc) is 3.39. The fourth-order valence-electron chi connectivity index (χ4n) is 2.87. The molecule has 2 amide bonds. The third kappa shape index (κ3) is 4.87. The summed E-state index contributed by atoms with van der Waals surface area (Å²) in [6, 6.07) is 4.99. The van der Waals surface area contributed by atoms with Gasteiger partial charge in [0.25, 0.3) is 5.91 Å². The van der Waals surface area contributed by atoms with Crippen molar-refractivity contribution in [3.63, 3.8) is 0 Å². The summed E-state index contributed by atoms with van der Waals surface area (Å²) >= 11 is 0. The summed E-state index contributed by atoms with van der Waals surface area (Å²) in [6.45, 7) is 1.02. The summed E-state index contributed by atoms with van der Waals surface area (Å²) in [5.74, 6) is -0.321. The standard InChI is InChI=1S/C17H19F3N2O3/c18-17(19,20)25-14-5-3-12(4-6-14)16(24)22-9-7-13(8-10-22)21-15(23)11-1-2-11/h3-6,11,13H,1-2,7-10H2,(H,21,23). The Morgan fingerprint density at radius 2 is 1.64 bits per heavy atom. The fraction of sp³-hybridized carbons (Fsp3) is 0.529. The minimum Gasteiger partial charge on any atom is -0.406 e. The number of ether oxygens (including phenoxy) is 1. The predicted octanol–water partition coefficient (Wildman–Crippen LogP) is 2.72. The van der Waals surface area contributed by atoms with Crippen LogP contribution in [0.2, 0.25) is 0 Å². The quantitative estimate of drug-likeness (QED) is 0.902. The first kappa shape index (κ1) is 17.6. The van der Waals surface area contributed by atoms with E-state index in [9.17, 15) is 22.8 Å². The third-order valence-corrected chi connectivity index (χ3v) is 4.41. The summed E-state index contributed by atoms with van der Waals surface area (Å²) in [7, 11) is 0. The summed E-state index contributed by atoms with van der Waals surface area (Å²) in [4.78, 5) is 25.8. The molecule has 0 atom stereocenters. The number of halogens is 3. The number of benzene rings is 1. The highest BCUT2D eigenvalue weighted by Crippen LogP contribution is 2.29. The molecule has 0 radical (unpaired) electrons. The van der Waals surface area contributed by atoms with E-state index in [-0.39, 0.29) is 29.5 Å². The molecule has 1 heterocycles. The third-order valence-electron chi connectivity index (χ3n) is 4.41. The molecule has 0 spiro atoms. The van der Waals surface area contributed by atoms with Gasteiger partial charge in [-0.25, -0.2) is 0 Å². The van der Waals surface area contributed by atoms with E-state index in [1.165, 1.54) is 12.1 Å². The Labute approximate surface area is 143 Å². The number of carbonyl (C=O) groups excluding carboxylic acids is 2. The molecule has 136 valence electrons. The van der Waals surface area contributed by atoms with Crippen molar-refractivity contribution in [3.8, 4) is 5.75 Å². The average molecular weight is 356 g/mol. The molecule has 1 N–H and O–H groups in total. The topological polar surface area (TPSA) is 58.6 Å². The second-order valence-corrected chi connectivity index (χ2v) is 6.42. The van der Waals surface area contributed by atoms with Gasteiger partial charge in [0, 0.05) is 30.6 Å². The lowest BCUT2D eigenvalue weighted by Gasteiger charge is -2.32. The van der Waals surface area contributed by atoms with Gasteiger partial charge in [0.05, 0.1) is 0 Å². The van der Waals surface area contributed by atoms with Gasteiger partial charge in [-0.05, 0) is 49.9 Å². The summed E-state index contributed by atoms with van der Waals surface area (Å²) < 4.78 is 40.2. The maximum absolute atomic E-state index is 12.4. The van der Waals surface area contributed by atoms with Crippen LogP contribution in [0, 0.1) is 5.92 Å². The zero-order chi connectivity index (χ0) is 18.0. The van der Waals surface area contributed by atoms with Crippen molar-refractivity contribution < 1.29 is 27.5 Å². The Kier molecular flexibility index (Phi) is 4.87. The van der Waals surface area contributed by atoms with Crippen molar-refractivity contribution in [2.45, 2.75) is 38.1 Å². The first-order valence-corrected chi connectivity index (χ1v) is 8.27. The molecule has 25 heavy (non-hydrogen) atoms. The fourth-order valence-corrected chi connectivity index (χ4v) is 2.87. The highest BCUT2D eigenvalue weighted by Gasteiger charge is 2.33. The lowest BCUT2D eigenvalue weighted by molar-refractivity contribution is -0.274. The molecule has 1 aromatic carbocycles. The van der Waals surface area contributed by atoms with E-state index in [1.807, 2.05) is 0 Å². The predicted molar refractivity (Wildman–Crippen MR) is 82.9 cm³/mol. The number of likely N-dealkylation sites (tertiary alicyclic amines) is 1. The molecular formula is C17H19F3N2O3. The van der Waals surface area contributed by atoms with Gasteiger partial charge in [-0.15, -0.1) is 13.2 Å². The smallest absolute Gasteiger partial charge is 0.406 e. The summed E-state index contributed by atoms with van der Waals surface area (Å²) in [6.07, 6.45) is -1.48. The van der Waals surface area contributed by atoms with Crippen molar-refractivity contribution in [2.75, 3.05) is 13.1 Å². The molecule has 1 saturated heterocycles. The van der Waals surface area contributed by atoms with Crippen molar-refractivity contribution >= 4 is 11.8 Å². The van der Waals surface area contributed by atoms with Crippen molar-refractivity contribution in [1.29, 1.82) is 0 Å². The molecule has 2 fully saturated rings. The van der Waals surface area contributed by atoms with Gasteiger partial charge in [0.2, 0.25) is 5.91 Å². The Morgan fingerprint density at radius 1 is 1.04 bits per heavy atom. The van der Waals surface area contributed by atoms with E-state index in [0.717, 1.165) is 25.0 Å². The van der Waals surface area contributed by atoms with Crippen LogP contribution >= 0.6 is 0 Å². The first-order chi connectivity index (χ1) is 11.8. The van der Waals surface area contributed by atoms with E-state index in [0.29, 0.717) is 31.5 Å². The van der Waals surface area contributed by atoms with Crippen molar-refractivity contribution in [1.82, 2.24) is 10.2 Å². The maximum Gasteiger partial charge on any atom is 0.573 e. The van der Waals surface area contributed by atoms with Crippen LogP contribution < -0.4 is 10.1 Å². The van der Waals surface area contributed by atoms with E-state index >= 15 is 0 Å². The number of piperidine rings is 1. The number of nitrogens with one attached hydrogen (secondary N) is 1. The van der Waals surface area contributed by atoms with Gasteiger partial charge in [-0.1, -0.05) is 0 Å². The largest absolute Gasteiger partial charge is 0.573 e. The minimum absolute atomic E-state index is 0.0831. The molecule has 1 aliphatic carbocycles. The monoisotopic (exact) mass is 356 g/mol. The van der Waals surface area contributed by atoms with Gasteiger partial charge in [0.1, 0.15) is 5.75 Å². The second-order valence-electron chi connectivity index (χ2n) is 6.42. The SMILES string of the molecule is O=C(NC1CCN(C(=O)c2ccc(OC(F)(F)F)cc2)CC1)C1CC1. The van der Waals surface area contributed by atoms with Crippen LogP contribution in [-0.2, 0) is 4.79 Å². The first-order valence-electron chi connectivity index (χ1n) is 8.27. The zero-order valence-electron chi connectivity index (χ0n) is 13.5. The molecule has 0 bridgehead atoms. The van der Waals surface area contributed by atoms with Crippen LogP contribution in [0.1, 0.15) is 36.0 Å². The van der Waals surface area contributed by atoms with E-state index in [4.69, 9.17) is 0 Å². The second kappa shape index (κ2) is 6.93. The Hall–Kier alpha value is -2.25. The van der Waals surface area contributed by atoms with Gasteiger partial charge in [0.15, 0.2) is 0 Å². The van der Waals surface area contributed by atoms with Gasteiger partial charge >= 0.3 is 6.36 Å². The van der Waals surface area contributed by atoms with Crippen molar-refractivity contribution in [3.05, 3.63) is 29.8 Å². The van der Waals surface area contributed by atoms with Gasteiger partial charge in [-0.3, -0.25) is 9.59 Å². The van der Waals surface area contributed by atoms with Crippen LogP contribution in [0.5, 0.6) is 5.75 Å². The molecule has 3 rings (SSSR count). The molecule has 1 saturated carbocycles. The molecular weight excluding hydrogens is 337 g/mol. The molecule has 8 heteroatoms. The summed E-state index contributed by atoms with van der Waals surface area (Å²) in [5, 5.41) is 3.01. The van der Waals surface area contributed by atoms with E-state index in [1.54, 1.807) is 4.90 Å². The highest BCUT2D eigenvalue weighted by atomic mass is 19.4. The lowest BCUT2D eigenvalue weighted by Crippen LogP contribution is -2.46. The lowest BCUT2D eigenvalue weighted by atomic mass is 10.0. The molecule has 5 nitrogen and oxygen atoms in total. The zero-order valence-corrected chi connectivity index (χ0v) is 13.5. The number of alkyl halides is 3. The Morgan fingerprint density at radius 3 is 2.16 bits per heavy atom. The van der Waals surface area contributed by atoms with Crippen molar-refractivity contribution in [2.24, 2.45) is 5.92 Å². The van der Waals surface area contributed by atoms with E-state index in [2.05, 4.69) is 10.1 Å². The molecule has 2 aliphatic rings. The Balaban J connectivity index is 1.51. The normalized spacial score (nSPS) is 18.8. The Bertz CT molecular complexity index is 634. The molecule has 0 aromatic heterocycles. The number of hydrogen-bond acceptors (Lipinski definition) is 3. The number of amides is 2. The van der Waals surface area contributed by atoms with E-state index < -0.39 is 6.36 Å². The number of nitrogens with zero attached hydrogens (tertiary/aromatic N) is 1. The van der Waals surface area contributed by atoms with Crippen LogP contribution in [0.4, 0.5) is 13.2 Å². The van der Waals surface area contributed by atoms with Crippen LogP contribution in [0.25, 0.3) is 0 Å². The summed E-state index contributed by atoms with van der Waals surface area (Å²) in [5.41, 5.74) is 0.315.